The maximum Gasteiger partial charge on any atom is 0.294 e. The van der Waals surface area contributed by atoms with Crippen molar-refractivity contribution in [3.63, 3.8) is 0 Å². The number of nitriles is 1. The van der Waals surface area contributed by atoms with E-state index in [1.807, 2.05) is 37.3 Å². The lowest BCUT2D eigenvalue weighted by atomic mass is 9.77. The number of benzene rings is 1. The van der Waals surface area contributed by atoms with E-state index in [1.165, 1.54) is 0 Å². The van der Waals surface area contributed by atoms with Crippen LogP contribution in [0, 0.1) is 17.2 Å². The third-order valence-corrected chi connectivity index (χ3v) is 5.86. The van der Waals surface area contributed by atoms with Gasteiger partial charge in [-0.2, -0.15) is 5.26 Å². The van der Waals surface area contributed by atoms with Gasteiger partial charge in [-0.05, 0) is 24.6 Å². The maximum atomic E-state index is 13.6. The first-order valence-electron chi connectivity index (χ1n) is 10.4. The van der Waals surface area contributed by atoms with Crippen molar-refractivity contribution in [3.05, 3.63) is 87.7 Å². The number of hydrogen-bond acceptors (Lipinski definition) is 6. The van der Waals surface area contributed by atoms with E-state index in [-0.39, 0.29) is 17.4 Å². The number of fused-ring (bicyclic) bond motifs is 4. The molecule has 7 heteroatoms. The SMILES string of the molecule is CCOC1=C(C#N)[C@H]2c3c(nc4ccccn4c3=O)N(Cc3ccccc3)C[C@H]2CO1. The normalized spacial score (nSPS) is 19.9. The van der Waals surface area contributed by atoms with Gasteiger partial charge in [0.15, 0.2) is 0 Å². The largest absolute Gasteiger partial charge is 0.465 e. The maximum absolute atomic E-state index is 13.6. The molecule has 0 aliphatic carbocycles. The van der Waals surface area contributed by atoms with Gasteiger partial charge in [-0.1, -0.05) is 36.4 Å². The van der Waals surface area contributed by atoms with E-state index >= 15 is 0 Å². The first kappa shape index (κ1) is 19.2. The summed E-state index contributed by atoms with van der Waals surface area (Å²) in [6.45, 7) is 3.87. The fourth-order valence-corrected chi connectivity index (χ4v) is 4.54. The van der Waals surface area contributed by atoms with E-state index in [1.54, 1.807) is 16.7 Å². The Labute approximate surface area is 179 Å². The van der Waals surface area contributed by atoms with Crippen LogP contribution in [-0.4, -0.2) is 29.1 Å². The Bertz CT molecular complexity index is 1260. The molecule has 2 atom stereocenters. The van der Waals surface area contributed by atoms with Gasteiger partial charge in [0, 0.05) is 31.1 Å². The fourth-order valence-electron chi connectivity index (χ4n) is 4.54. The second kappa shape index (κ2) is 7.80. The zero-order valence-corrected chi connectivity index (χ0v) is 17.2. The van der Waals surface area contributed by atoms with Gasteiger partial charge in [0.25, 0.3) is 11.5 Å². The predicted molar refractivity (Wildman–Crippen MR) is 115 cm³/mol. The third-order valence-electron chi connectivity index (χ3n) is 5.86. The molecule has 156 valence electrons. The van der Waals surface area contributed by atoms with Gasteiger partial charge >= 0.3 is 0 Å². The molecule has 0 bridgehead atoms. The molecule has 4 heterocycles. The molecule has 2 aliphatic heterocycles. The molecular formula is C24H22N4O3. The van der Waals surface area contributed by atoms with Crippen molar-refractivity contribution < 1.29 is 9.47 Å². The van der Waals surface area contributed by atoms with Crippen LogP contribution in [0.5, 0.6) is 0 Å². The van der Waals surface area contributed by atoms with Gasteiger partial charge in [-0.3, -0.25) is 9.20 Å². The highest BCUT2D eigenvalue weighted by molar-refractivity contribution is 5.60. The highest BCUT2D eigenvalue weighted by Gasteiger charge is 2.44. The third kappa shape index (κ3) is 3.21. The van der Waals surface area contributed by atoms with Crippen molar-refractivity contribution >= 4 is 11.5 Å². The Morgan fingerprint density at radius 3 is 2.81 bits per heavy atom. The summed E-state index contributed by atoms with van der Waals surface area (Å²) in [7, 11) is 0. The summed E-state index contributed by atoms with van der Waals surface area (Å²) in [6.07, 6.45) is 1.72. The summed E-state index contributed by atoms with van der Waals surface area (Å²) in [5, 5.41) is 9.95. The molecular weight excluding hydrogens is 392 g/mol. The molecule has 0 saturated carbocycles. The molecule has 0 fully saturated rings. The zero-order valence-electron chi connectivity index (χ0n) is 17.2. The summed E-state index contributed by atoms with van der Waals surface area (Å²) in [6, 6.07) is 17.9. The molecule has 3 aromatic rings. The number of ether oxygens (including phenoxy) is 2. The van der Waals surface area contributed by atoms with Crippen molar-refractivity contribution in [3.8, 4) is 6.07 Å². The topological polar surface area (TPSA) is 79.9 Å². The highest BCUT2D eigenvalue weighted by Crippen LogP contribution is 2.44. The molecule has 0 amide bonds. The van der Waals surface area contributed by atoms with E-state index in [2.05, 4.69) is 23.1 Å². The lowest BCUT2D eigenvalue weighted by molar-refractivity contribution is 0.00321. The van der Waals surface area contributed by atoms with Crippen LogP contribution in [0.1, 0.15) is 24.0 Å². The standard InChI is InChI=1S/C24H22N4O3/c1-2-30-24-18(12-25)20-17(15-31-24)14-27(13-16-8-4-3-5-9-16)22-21(20)23(29)28-11-7-6-10-19(28)26-22/h3-11,17,20H,2,13-15H2,1H3/t17-,20-/m0/s1. The summed E-state index contributed by atoms with van der Waals surface area (Å²) in [4.78, 5) is 20.6. The van der Waals surface area contributed by atoms with Crippen molar-refractivity contribution in [1.82, 2.24) is 9.38 Å². The summed E-state index contributed by atoms with van der Waals surface area (Å²) in [5.74, 6) is 0.406. The van der Waals surface area contributed by atoms with E-state index in [9.17, 15) is 10.1 Å². The highest BCUT2D eigenvalue weighted by atomic mass is 16.7. The van der Waals surface area contributed by atoms with E-state index in [0.717, 1.165) is 5.56 Å². The number of pyridine rings is 1. The van der Waals surface area contributed by atoms with Crippen LogP contribution in [0.4, 0.5) is 5.82 Å². The molecule has 0 radical (unpaired) electrons. The van der Waals surface area contributed by atoms with E-state index < -0.39 is 5.92 Å². The van der Waals surface area contributed by atoms with Crippen LogP contribution < -0.4 is 10.5 Å². The minimum Gasteiger partial charge on any atom is -0.465 e. The summed E-state index contributed by atoms with van der Waals surface area (Å²) >= 11 is 0. The molecule has 2 aromatic heterocycles. The van der Waals surface area contributed by atoms with Gasteiger partial charge in [0.05, 0.1) is 18.8 Å². The number of hydrogen-bond donors (Lipinski definition) is 0. The smallest absolute Gasteiger partial charge is 0.294 e. The van der Waals surface area contributed by atoms with Gasteiger partial charge in [-0.15, -0.1) is 0 Å². The van der Waals surface area contributed by atoms with Crippen LogP contribution in [0.15, 0.2) is 71.0 Å². The minimum atomic E-state index is -0.403. The number of allylic oxidation sites excluding steroid dienone is 1. The average molecular weight is 414 g/mol. The lowest BCUT2D eigenvalue weighted by Crippen LogP contribution is -2.46. The minimum absolute atomic E-state index is 0.0497. The quantitative estimate of drug-likeness (QED) is 0.652. The Morgan fingerprint density at radius 2 is 2.03 bits per heavy atom. The Morgan fingerprint density at radius 1 is 1.23 bits per heavy atom. The molecule has 0 N–H and O–H groups in total. The van der Waals surface area contributed by atoms with Crippen LogP contribution in [0.2, 0.25) is 0 Å². The first-order valence-corrected chi connectivity index (χ1v) is 10.4. The fraction of sp³-hybridized carbons (Fsp3) is 0.292. The Kier molecular flexibility index (Phi) is 4.83. The number of nitrogens with zero attached hydrogens (tertiary/aromatic N) is 4. The number of anilines is 1. The molecule has 5 rings (SSSR count). The van der Waals surface area contributed by atoms with Crippen molar-refractivity contribution in [2.24, 2.45) is 5.92 Å². The average Bonchev–Trinajstić information content (AvgIpc) is 2.80. The van der Waals surface area contributed by atoms with E-state index in [0.29, 0.717) is 48.9 Å². The second-order valence-corrected chi connectivity index (χ2v) is 7.74. The monoisotopic (exact) mass is 414 g/mol. The molecule has 0 spiro atoms. The molecule has 7 nitrogen and oxygen atoms in total. The number of aromatic nitrogens is 2. The van der Waals surface area contributed by atoms with Crippen molar-refractivity contribution in [2.45, 2.75) is 19.4 Å². The molecule has 2 aliphatic rings. The lowest BCUT2D eigenvalue weighted by Gasteiger charge is -2.41. The predicted octanol–water partition coefficient (Wildman–Crippen LogP) is 3.22. The van der Waals surface area contributed by atoms with Crippen molar-refractivity contribution in [2.75, 3.05) is 24.7 Å². The molecule has 0 saturated heterocycles. The van der Waals surface area contributed by atoms with Gasteiger partial charge < -0.3 is 14.4 Å². The van der Waals surface area contributed by atoms with E-state index in [4.69, 9.17) is 14.5 Å². The van der Waals surface area contributed by atoms with Crippen molar-refractivity contribution in [1.29, 1.82) is 5.26 Å². The van der Waals surface area contributed by atoms with Crippen LogP contribution in [0.25, 0.3) is 5.65 Å². The van der Waals surface area contributed by atoms with Crippen LogP contribution in [0.3, 0.4) is 0 Å². The van der Waals surface area contributed by atoms with Crippen LogP contribution in [-0.2, 0) is 16.0 Å². The first-order chi connectivity index (χ1) is 15.2. The summed E-state index contributed by atoms with van der Waals surface area (Å²) in [5.41, 5.74) is 2.47. The van der Waals surface area contributed by atoms with Gasteiger partial charge in [0.1, 0.15) is 23.1 Å². The zero-order chi connectivity index (χ0) is 21.4. The Balaban J connectivity index is 1.72. The van der Waals surface area contributed by atoms with Gasteiger partial charge in [-0.25, -0.2) is 4.98 Å². The second-order valence-electron chi connectivity index (χ2n) is 7.74. The Hall–Kier alpha value is -3.79. The summed E-state index contributed by atoms with van der Waals surface area (Å²) < 4.78 is 13.0. The molecule has 1 aromatic carbocycles. The molecule has 31 heavy (non-hydrogen) atoms. The number of rotatable bonds is 4. The molecule has 0 unspecified atom stereocenters. The van der Waals surface area contributed by atoms with Crippen LogP contribution >= 0.6 is 0 Å². The van der Waals surface area contributed by atoms with Gasteiger partial charge in [0.2, 0.25) is 0 Å².